The van der Waals surface area contributed by atoms with E-state index >= 15 is 0 Å². The number of benzene rings is 1. The first-order valence-corrected chi connectivity index (χ1v) is 10.8. The lowest BCUT2D eigenvalue weighted by molar-refractivity contribution is 0.592. The van der Waals surface area contributed by atoms with Crippen LogP contribution in [0.2, 0.25) is 0 Å². The van der Waals surface area contributed by atoms with Crippen LogP contribution in [0.5, 0.6) is 0 Å². The molecule has 0 heterocycles. The summed E-state index contributed by atoms with van der Waals surface area (Å²) in [6.45, 7) is 0.343. The second kappa shape index (κ2) is 8.59. The van der Waals surface area contributed by atoms with Crippen LogP contribution in [0.15, 0.2) is 40.2 Å². The lowest BCUT2D eigenvalue weighted by atomic mass is 10.2. The van der Waals surface area contributed by atoms with Crippen molar-refractivity contribution in [1.82, 2.24) is 10.6 Å². The summed E-state index contributed by atoms with van der Waals surface area (Å²) >= 11 is 1.91. The molecular weight excluding hydrogens is 330 g/mol. The quantitative estimate of drug-likeness (QED) is 0.602. The van der Waals surface area contributed by atoms with Crippen molar-refractivity contribution in [3.8, 4) is 0 Å². The molecule has 23 heavy (non-hydrogen) atoms. The van der Waals surface area contributed by atoms with Crippen LogP contribution in [0, 0.1) is 0 Å². The van der Waals surface area contributed by atoms with Gasteiger partial charge in [-0.05, 0) is 37.7 Å². The van der Waals surface area contributed by atoms with Gasteiger partial charge in [-0.1, -0.05) is 18.2 Å². The maximum absolute atomic E-state index is 12.2. The summed E-state index contributed by atoms with van der Waals surface area (Å²) in [4.78, 5) is 4.55. The van der Waals surface area contributed by atoms with Crippen LogP contribution in [0.25, 0.3) is 0 Å². The zero-order valence-corrected chi connectivity index (χ0v) is 15.3. The molecule has 0 saturated heterocycles. The summed E-state index contributed by atoms with van der Waals surface area (Å²) < 4.78 is 24.5. The molecule has 2 rings (SSSR count). The Labute approximate surface area is 143 Å². The highest BCUT2D eigenvalue weighted by Gasteiger charge is 2.24. The van der Waals surface area contributed by atoms with E-state index in [1.165, 1.54) is 6.42 Å². The molecule has 0 spiro atoms. The van der Waals surface area contributed by atoms with E-state index in [0.29, 0.717) is 28.7 Å². The summed E-state index contributed by atoms with van der Waals surface area (Å²) in [6.07, 6.45) is 5.63. The highest BCUT2D eigenvalue weighted by atomic mass is 32.2. The van der Waals surface area contributed by atoms with Gasteiger partial charge in [-0.15, -0.1) is 0 Å². The predicted octanol–water partition coefficient (Wildman–Crippen LogP) is 1.91. The van der Waals surface area contributed by atoms with Crippen LogP contribution >= 0.6 is 11.8 Å². The van der Waals surface area contributed by atoms with Gasteiger partial charge < -0.3 is 10.6 Å². The Kier molecular flexibility index (Phi) is 6.77. The zero-order valence-electron chi connectivity index (χ0n) is 13.7. The van der Waals surface area contributed by atoms with Gasteiger partial charge in [0.1, 0.15) is 0 Å². The van der Waals surface area contributed by atoms with Gasteiger partial charge >= 0.3 is 0 Å². The summed E-state index contributed by atoms with van der Waals surface area (Å²) in [7, 11) is -1.54. The van der Waals surface area contributed by atoms with Gasteiger partial charge in [0.25, 0.3) is 0 Å². The molecule has 0 amide bonds. The number of nitrogens with one attached hydrogen (secondary N) is 2. The molecule has 1 aliphatic carbocycles. The lowest BCUT2D eigenvalue weighted by Gasteiger charge is -2.17. The Balaban J connectivity index is 1.80. The Morgan fingerprint density at radius 3 is 2.65 bits per heavy atom. The van der Waals surface area contributed by atoms with Crippen LogP contribution < -0.4 is 10.6 Å². The largest absolute Gasteiger partial charge is 0.355 e. The fourth-order valence-electron chi connectivity index (χ4n) is 2.72. The molecule has 0 radical (unpaired) electrons. The van der Waals surface area contributed by atoms with E-state index in [0.717, 1.165) is 12.8 Å². The standard InChI is InChI=1S/C16H25N3O2S2/c1-17-16(19-13-8-9-14(12-13)22-2)18-10-11-23(20,21)15-6-4-3-5-7-15/h3-7,13-14H,8-12H2,1-2H3,(H2,17,18,19). The molecular formula is C16H25N3O2S2. The number of thioether (sulfide) groups is 1. The first-order valence-electron chi connectivity index (χ1n) is 7.83. The number of sulfone groups is 1. The topological polar surface area (TPSA) is 70.6 Å². The second-order valence-electron chi connectivity index (χ2n) is 5.64. The molecule has 2 atom stereocenters. The molecule has 1 aliphatic rings. The maximum atomic E-state index is 12.2. The van der Waals surface area contributed by atoms with Gasteiger partial charge in [0.15, 0.2) is 15.8 Å². The fraction of sp³-hybridized carbons (Fsp3) is 0.562. The van der Waals surface area contributed by atoms with Crippen LogP contribution in [-0.4, -0.2) is 51.3 Å². The lowest BCUT2D eigenvalue weighted by Crippen LogP contribution is -2.44. The monoisotopic (exact) mass is 355 g/mol. The normalized spacial score (nSPS) is 22.1. The van der Waals surface area contributed by atoms with Crippen LogP contribution in [-0.2, 0) is 9.84 Å². The number of hydrogen-bond donors (Lipinski definition) is 2. The van der Waals surface area contributed by atoms with E-state index in [-0.39, 0.29) is 5.75 Å². The molecule has 1 fully saturated rings. The summed E-state index contributed by atoms with van der Waals surface area (Å²) in [5, 5.41) is 7.21. The number of aliphatic imine (C=N–C) groups is 1. The van der Waals surface area contributed by atoms with Gasteiger partial charge in [-0.3, -0.25) is 4.99 Å². The molecule has 1 saturated carbocycles. The summed E-state index contributed by atoms with van der Waals surface area (Å²) in [6, 6.07) is 8.97. The molecule has 128 valence electrons. The fourth-order valence-corrected chi connectivity index (χ4v) is 4.70. The van der Waals surface area contributed by atoms with Crippen molar-refractivity contribution in [2.24, 2.45) is 4.99 Å². The SMILES string of the molecule is CN=C(NCCS(=O)(=O)c1ccccc1)NC1CCC(SC)C1. The molecule has 7 heteroatoms. The third kappa shape index (κ3) is 5.42. The van der Waals surface area contributed by atoms with Gasteiger partial charge in [-0.2, -0.15) is 11.8 Å². The van der Waals surface area contributed by atoms with Crippen molar-refractivity contribution in [3.05, 3.63) is 30.3 Å². The number of nitrogens with zero attached hydrogens (tertiary/aromatic N) is 1. The smallest absolute Gasteiger partial charge is 0.191 e. The van der Waals surface area contributed by atoms with Gasteiger partial charge in [0.05, 0.1) is 10.6 Å². The number of guanidine groups is 1. The Bertz CT molecular complexity index is 617. The first-order chi connectivity index (χ1) is 11.0. The molecule has 2 N–H and O–H groups in total. The minimum Gasteiger partial charge on any atom is -0.355 e. The van der Waals surface area contributed by atoms with E-state index < -0.39 is 9.84 Å². The number of hydrogen-bond acceptors (Lipinski definition) is 4. The molecule has 1 aromatic rings. The number of rotatable bonds is 6. The first kappa shape index (κ1) is 18.1. The highest BCUT2D eigenvalue weighted by molar-refractivity contribution is 7.99. The Morgan fingerprint density at radius 2 is 2.04 bits per heavy atom. The predicted molar refractivity (Wildman–Crippen MR) is 97.9 cm³/mol. The van der Waals surface area contributed by atoms with Crippen molar-refractivity contribution in [2.45, 2.75) is 35.4 Å². The minimum absolute atomic E-state index is 0.0514. The molecule has 5 nitrogen and oxygen atoms in total. The molecule has 2 unspecified atom stereocenters. The zero-order chi connectivity index (χ0) is 16.7. The molecule has 0 bridgehead atoms. The summed E-state index contributed by atoms with van der Waals surface area (Å²) in [5.74, 6) is 0.732. The van der Waals surface area contributed by atoms with Crippen LogP contribution in [0.4, 0.5) is 0 Å². The van der Waals surface area contributed by atoms with Crippen molar-refractivity contribution in [3.63, 3.8) is 0 Å². The third-order valence-electron chi connectivity index (χ3n) is 4.05. The van der Waals surface area contributed by atoms with E-state index in [1.807, 2.05) is 17.8 Å². The van der Waals surface area contributed by atoms with Crippen molar-refractivity contribution in [2.75, 3.05) is 25.6 Å². The molecule has 1 aromatic carbocycles. The van der Waals surface area contributed by atoms with Gasteiger partial charge in [0.2, 0.25) is 0 Å². The highest BCUT2D eigenvalue weighted by Crippen LogP contribution is 2.27. The molecule has 0 aromatic heterocycles. The van der Waals surface area contributed by atoms with E-state index in [4.69, 9.17) is 0 Å². The van der Waals surface area contributed by atoms with Crippen molar-refractivity contribution in [1.29, 1.82) is 0 Å². The van der Waals surface area contributed by atoms with Crippen LogP contribution in [0.3, 0.4) is 0 Å². The van der Waals surface area contributed by atoms with Crippen LogP contribution in [0.1, 0.15) is 19.3 Å². The van der Waals surface area contributed by atoms with E-state index in [1.54, 1.807) is 31.3 Å². The second-order valence-corrected chi connectivity index (χ2v) is 8.89. The average Bonchev–Trinajstić information content (AvgIpc) is 3.02. The van der Waals surface area contributed by atoms with E-state index in [9.17, 15) is 8.42 Å². The Morgan fingerprint density at radius 1 is 1.30 bits per heavy atom. The van der Waals surface area contributed by atoms with Crippen molar-refractivity contribution < 1.29 is 8.42 Å². The van der Waals surface area contributed by atoms with Gasteiger partial charge in [-0.25, -0.2) is 8.42 Å². The third-order valence-corrected chi connectivity index (χ3v) is 6.87. The molecule has 0 aliphatic heterocycles. The minimum atomic E-state index is -3.25. The van der Waals surface area contributed by atoms with Crippen molar-refractivity contribution >= 4 is 27.6 Å². The maximum Gasteiger partial charge on any atom is 0.191 e. The van der Waals surface area contributed by atoms with Gasteiger partial charge in [0, 0.05) is 24.9 Å². The Hall–Kier alpha value is -1.21. The summed E-state index contributed by atoms with van der Waals surface area (Å²) in [5.41, 5.74) is 0. The van der Waals surface area contributed by atoms with E-state index in [2.05, 4.69) is 21.9 Å². The average molecular weight is 356 g/mol.